The zero-order valence-electron chi connectivity index (χ0n) is 20.6. The summed E-state index contributed by atoms with van der Waals surface area (Å²) in [6.07, 6.45) is 1.90. The smallest absolute Gasteiger partial charge is 0.228 e. The Bertz CT molecular complexity index is 1400. The van der Waals surface area contributed by atoms with Gasteiger partial charge in [-0.3, -0.25) is 9.78 Å². The fourth-order valence-corrected chi connectivity index (χ4v) is 4.54. The molecule has 0 bridgehead atoms. The number of carbonyl (C=O) groups is 1. The van der Waals surface area contributed by atoms with Crippen LogP contribution in [0.3, 0.4) is 0 Å². The van der Waals surface area contributed by atoms with Gasteiger partial charge in [-0.1, -0.05) is 12.1 Å². The van der Waals surface area contributed by atoms with Crippen LogP contribution in [0.1, 0.15) is 38.1 Å². The number of hydrogen-bond acceptors (Lipinski definition) is 7. The van der Waals surface area contributed by atoms with Crippen molar-refractivity contribution < 1.29 is 9.90 Å². The normalized spacial score (nSPS) is 14.3. The molecule has 0 radical (unpaired) electrons. The second kappa shape index (κ2) is 9.05. The lowest BCUT2D eigenvalue weighted by Gasteiger charge is -2.34. The highest BCUT2D eigenvalue weighted by Crippen LogP contribution is 2.34. The molecule has 35 heavy (non-hydrogen) atoms. The number of nitrogens with zero attached hydrogens (tertiary/aromatic N) is 6. The minimum atomic E-state index is 0.0794. The van der Waals surface area contributed by atoms with Crippen LogP contribution in [-0.2, 0) is 11.3 Å². The minimum Gasteiger partial charge on any atom is -0.493 e. The molecule has 5 rings (SSSR count). The van der Waals surface area contributed by atoms with Gasteiger partial charge in [-0.05, 0) is 44.5 Å². The van der Waals surface area contributed by atoms with Crippen LogP contribution >= 0.6 is 0 Å². The van der Waals surface area contributed by atoms with E-state index in [1.54, 1.807) is 6.92 Å². The Morgan fingerprint density at radius 3 is 2.57 bits per heavy atom. The van der Waals surface area contributed by atoms with E-state index >= 15 is 0 Å². The lowest BCUT2D eigenvalue weighted by atomic mass is 10.1. The molecular formula is C26H31N7O2. The molecule has 1 aliphatic rings. The number of hydrogen-bond donors (Lipinski definition) is 2. The number of aromatic hydroxyl groups is 1. The highest BCUT2D eigenvalue weighted by Gasteiger charge is 2.24. The van der Waals surface area contributed by atoms with Gasteiger partial charge in [0, 0.05) is 63.0 Å². The van der Waals surface area contributed by atoms with E-state index in [4.69, 9.17) is 9.97 Å². The minimum absolute atomic E-state index is 0.0794. The average molecular weight is 474 g/mol. The highest BCUT2D eigenvalue weighted by atomic mass is 16.3. The summed E-state index contributed by atoms with van der Waals surface area (Å²) in [5, 5.41) is 16.3. The van der Waals surface area contributed by atoms with E-state index in [0.717, 1.165) is 27.5 Å². The fourth-order valence-electron chi connectivity index (χ4n) is 4.54. The molecule has 9 heteroatoms. The van der Waals surface area contributed by atoms with E-state index in [2.05, 4.69) is 33.4 Å². The highest BCUT2D eigenvalue weighted by molar-refractivity contribution is 5.94. The number of anilines is 2. The summed E-state index contributed by atoms with van der Waals surface area (Å²) >= 11 is 0. The van der Waals surface area contributed by atoms with Gasteiger partial charge < -0.3 is 24.8 Å². The average Bonchev–Trinajstić information content (AvgIpc) is 3.19. The van der Waals surface area contributed by atoms with Gasteiger partial charge in [-0.15, -0.1) is 0 Å². The summed E-state index contributed by atoms with van der Waals surface area (Å²) in [5.74, 6) is 1.45. The molecule has 4 aromatic rings. The Labute approximate surface area is 204 Å². The number of aromatic nitrogens is 4. The number of pyridine rings is 1. The maximum atomic E-state index is 11.7. The SMILES string of the molecule is CC(=O)N1CCN(c2nc(NCc3ccc4nc(C)ccc4c3)c3cn(C(C)C)c(O)c3n2)CC1. The summed E-state index contributed by atoms with van der Waals surface area (Å²) in [4.78, 5) is 29.8. The standard InChI is InChI=1S/C26H31N7O2/c1-16(2)33-15-21-23(25(33)35)29-26(32-11-9-31(10-12-32)18(4)34)30-24(21)27-14-19-6-8-22-20(13-19)7-5-17(3)28-22/h5-8,13,15-16,35H,9-12,14H2,1-4H3,(H,27,29,30). The van der Waals surface area contributed by atoms with E-state index in [1.165, 1.54) is 0 Å². The van der Waals surface area contributed by atoms with Crippen molar-refractivity contribution in [2.75, 3.05) is 36.4 Å². The second-order valence-electron chi connectivity index (χ2n) is 9.41. The predicted molar refractivity (Wildman–Crippen MR) is 138 cm³/mol. The first-order chi connectivity index (χ1) is 16.8. The van der Waals surface area contributed by atoms with Gasteiger partial charge in [0.15, 0.2) is 0 Å². The van der Waals surface area contributed by atoms with Crippen molar-refractivity contribution in [3.8, 4) is 5.88 Å². The van der Waals surface area contributed by atoms with Crippen LogP contribution in [-0.4, -0.2) is 61.6 Å². The molecule has 0 atom stereocenters. The van der Waals surface area contributed by atoms with E-state index in [9.17, 15) is 9.90 Å². The van der Waals surface area contributed by atoms with E-state index in [1.807, 2.05) is 48.6 Å². The lowest BCUT2D eigenvalue weighted by Crippen LogP contribution is -2.48. The second-order valence-corrected chi connectivity index (χ2v) is 9.41. The number of fused-ring (bicyclic) bond motifs is 2. The molecule has 1 aliphatic heterocycles. The molecule has 1 saturated heterocycles. The Balaban J connectivity index is 1.47. The van der Waals surface area contributed by atoms with Crippen molar-refractivity contribution in [3.63, 3.8) is 0 Å². The first-order valence-corrected chi connectivity index (χ1v) is 12.0. The third-order valence-electron chi connectivity index (χ3n) is 6.58. The Morgan fingerprint density at radius 2 is 1.86 bits per heavy atom. The zero-order valence-corrected chi connectivity index (χ0v) is 20.6. The first-order valence-electron chi connectivity index (χ1n) is 12.0. The molecule has 9 nitrogen and oxygen atoms in total. The number of benzene rings is 1. The molecule has 0 unspecified atom stereocenters. The van der Waals surface area contributed by atoms with Crippen LogP contribution in [0.15, 0.2) is 36.5 Å². The van der Waals surface area contributed by atoms with Crippen molar-refractivity contribution in [1.29, 1.82) is 0 Å². The van der Waals surface area contributed by atoms with Crippen LogP contribution < -0.4 is 10.2 Å². The van der Waals surface area contributed by atoms with E-state index in [-0.39, 0.29) is 17.8 Å². The summed E-state index contributed by atoms with van der Waals surface area (Å²) in [5.41, 5.74) is 3.61. The Morgan fingerprint density at radius 1 is 1.09 bits per heavy atom. The number of nitrogens with one attached hydrogen (secondary N) is 1. The van der Waals surface area contributed by atoms with Gasteiger partial charge in [0.2, 0.25) is 17.7 Å². The third kappa shape index (κ3) is 4.45. The summed E-state index contributed by atoms with van der Waals surface area (Å²) in [7, 11) is 0. The van der Waals surface area contributed by atoms with Crippen LogP contribution in [0.25, 0.3) is 21.8 Å². The molecule has 1 fully saturated rings. The molecule has 4 heterocycles. The fraction of sp³-hybridized carbons (Fsp3) is 0.385. The maximum Gasteiger partial charge on any atom is 0.228 e. The van der Waals surface area contributed by atoms with Gasteiger partial charge in [-0.25, -0.2) is 4.98 Å². The Hall–Kier alpha value is -3.88. The number of amides is 1. The molecule has 1 amide bonds. The molecule has 1 aromatic carbocycles. The topological polar surface area (TPSA) is 99.4 Å². The number of aryl methyl sites for hydroxylation is 1. The third-order valence-corrected chi connectivity index (χ3v) is 6.58. The van der Waals surface area contributed by atoms with Crippen LogP contribution in [0.5, 0.6) is 5.88 Å². The van der Waals surface area contributed by atoms with Crippen LogP contribution in [0.4, 0.5) is 11.8 Å². The summed E-state index contributed by atoms with van der Waals surface area (Å²) in [6, 6.07) is 10.4. The largest absolute Gasteiger partial charge is 0.493 e. The zero-order chi connectivity index (χ0) is 24.7. The molecule has 3 aromatic heterocycles. The van der Waals surface area contributed by atoms with Crippen LogP contribution in [0, 0.1) is 6.92 Å². The van der Waals surface area contributed by atoms with Gasteiger partial charge >= 0.3 is 0 Å². The van der Waals surface area contributed by atoms with Gasteiger partial charge in [0.1, 0.15) is 11.3 Å². The van der Waals surface area contributed by atoms with Gasteiger partial charge in [0.05, 0.1) is 10.9 Å². The first kappa shape index (κ1) is 22.9. The number of piperazine rings is 1. The molecule has 182 valence electrons. The number of rotatable bonds is 5. The van der Waals surface area contributed by atoms with E-state index in [0.29, 0.717) is 50.0 Å². The maximum absolute atomic E-state index is 11.7. The van der Waals surface area contributed by atoms with Gasteiger partial charge in [0.25, 0.3) is 0 Å². The van der Waals surface area contributed by atoms with Crippen molar-refractivity contribution in [2.24, 2.45) is 0 Å². The predicted octanol–water partition coefficient (Wildman–Crippen LogP) is 3.86. The quantitative estimate of drug-likeness (QED) is 0.454. The van der Waals surface area contributed by atoms with Crippen molar-refractivity contribution in [2.45, 2.75) is 40.3 Å². The van der Waals surface area contributed by atoms with Crippen molar-refractivity contribution in [3.05, 3.63) is 47.8 Å². The van der Waals surface area contributed by atoms with Gasteiger partial charge in [-0.2, -0.15) is 4.98 Å². The van der Waals surface area contributed by atoms with E-state index < -0.39 is 0 Å². The molecule has 0 spiro atoms. The summed E-state index contributed by atoms with van der Waals surface area (Å²) < 4.78 is 1.81. The summed E-state index contributed by atoms with van der Waals surface area (Å²) in [6.45, 7) is 10.7. The van der Waals surface area contributed by atoms with Crippen molar-refractivity contribution >= 4 is 39.5 Å². The molecule has 2 N–H and O–H groups in total. The lowest BCUT2D eigenvalue weighted by molar-refractivity contribution is -0.129. The van der Waals surface area contributed by atoms with Crippen LogP contribution in [0.2, 0.25) is 0 Å². The molecular weight excluding hydrogens is 442 g/mol. The Kier molecular flexibility index (Phi) is 5.92. The molecule has 0 aliphatic carbocycles. The molecule has 0 saturated carbocycles. The monoisotopic (exact) mass is 473 g/mol. The number of carbonyl (C=O) groups excluding carboxylic acids is 1. The van der Waals surface area contributed by atoms with Crippen molar-refractivity contribution in [1.82, 2.24) is 24.4 Å².